The lowest BCUT2D eigenvalue weighted by molar-refractivity contribution is -0.626. The summed E-state index contributed by atoms with van der Waals surface area (Å²) in [4.78, 5) is 181. The number of aromatic carboxylic acids is 1. The third-order valence-corrected chi connectivity index (χ3v) is 21.5. The first-order chi connectivity index (χ1) is 66.8. The highest BCUT2D eigenvalue weighted by atomic mass is 16.6. The number of carboxylic acids is 2. The Morgan fingerprint density at radius 3 is 1.07 bits per heavy atom. The quantitative estimate of drug-likeness (QED) is 0.0204. The average Bonchev–Trinajstić information content (AvgIpc) is 0.841. The molecule has 0 aliphatic rings. The van der Waals surface area contributed by atoms with Gasteiger partial charge in [0.15, 0.2) is 0 Å². The Morgan fingerprint density at radius 1 is 0.414 bits per heavy atom. The molecule has 1 aromatic rings. The van der Waals surface area contributed by atoms with Crippen LogP contribution in [0.2, 0.25) is 0 Å². The number of quaternary nitrogens is 1. The highest BCUT2D eigenvalue weighted by Gasteiger charge is 2.29. The number of nitrogens with two attached hydrogens (primary N) is 1. The van der Waals surface area contributed by atoms with Gasteiger partial charge in [-0.1, -0.05) is 166 Å². The summed E-state index contributed by atoms with van der Waals surface area (Å²) in [5, 5.41) is 32.9. The largest absolute Gasteiger partial charge is 0.550 e. The number of nitrogens with one attached hydrogen (secondary N) is 1. The molecule has 0 aliphatic heterocycles. The summed E-state index contributed by atoms with van der Waals surface area (Å²) >= 11 is 0. The van der Waals surface area contributed by atoms with Crippen LogP contribution in [-0.2, 0) is 110 Å². The van der Waals surface area contributed by atoms with Gasteiger partial charge in [-0.25, -0.2) is 9.59 Å². The molecular formula is C107H195N5O28. The van der Waals surface area contributed by atoms with Crippen LogP contribution in [0.15, 0.2) is 36.9 Å². The van der Waals surface area contributed by atoms with Crippen LogP contribution in [0.25, 0.3) is 0 Å². The molecule has 140 heavy (non-hydrogen) atoms. The number of carbonyl (C=O) groups is 14. The van der Waals surface area contributed by atoms with Crippen LogP contribution in [0.3, 0.4) is 0 Å². The number of unbranched alkanes of at least 4 members (excludes halogenated alkanes) is 18. The molecule has 1 unspecified atom stereocenters. The van der Waals surface area contributed by atoms with E-state index in [1.54, 1.807) is 41.7 Å². The second-order valence-electron chi connectivity index (χ2n) is 35.2. The first-order valence-corrected chi connectivity index (χ1v) is 52.2. The highest BCUT2D eigenvalue weighted by Crippen LogP contribution is 2.24. The van der Waals surface area contributed by atoms with Crippen molar-refractivity contribution in [2.24, 2.45) is 16.7 Å². The lowest BCUT2D eigenvalue weighted by Crippen LogP contribution is -2.79. The van der Waals surface area contributed by atoms with Crippen LogP contribution in [-0.4, -0.2) is 248 Å². The van der Waals surface area contributed by atoms with Crippen molar-refractivity contribution in [3.05, 3.63) is 48.0 Å². The maximum atomic E-state index is 11.8. The lowest BCUT2D eigenvalue weighted by atomic mass is 9.91. The van der Waals surface area contributed by atoms with Gasteiger partial charge in [-0.3, -0.25) is 52.7 Å². The van der Waals surface area contributed by atoms with Crippen LogP contribution in [0.1, 0.15) is 420 Å². The number of hydrogen-bond donors (Lipinski definition) is 4. The summed E-state index contributed by atoms with van der Waals surface area (Å²) in [5.74, 6) is -3.95. The van der Waals surface area contributed by atoms with E-state index in [1.165, 1.54) is 95.0 Å². The third-order valence-electron chi connectivity index (χ3n) is 21.5. The van der Waals surface area contributed by atoms with Gasteiger partial charge in [-0.05, 0) is 239 Å². The fourth-order valence-electron chi connectivity index (χ4n) is 11.7. The molecule has 5 N–H and O–H groups in total. The van der Waals surface area contributed by atoms with Crippen molar-refractivity contribution in [2.75, 3.05) is 134 Å². The minimum absolute atomic E-state index is 0.00292. The molecule has 1 rings (SSSR count). The summed E-state index contributed by atoms with van der Waals surface area (Å²) in [7, 11) is 9.48. The van der Waals surface area contributed by atoms with Gasteiger partial charge in [0.05, 0.1) is 81.8 Å². The Morgan fingerprint density at radius 2 is 0.743 bits per heavy atom. The molecule has 1 aromatic carbocycles. The van der Waals surface area contributed by atoms with Gasteiger partial charge in [0.25, 0.3) is 0 Å². The lowest BCUT2D eigenvalue weighted by Gasteiger charge is -2.20. The van der Waals surface area contributed by atoms with Crippen molar-refractivity contribution in [2.45, 2.75) is 399 Å². The van der Waals surface area contributed by atoms with E-state index in [2.05, 4.69) is 79.7 Å². The molecule has 0 bridgehead atoms. The molecule has 816 valence electrons. The van der Waals surface area contributed by atoms with Gasteiger partial charge < -0.3 is 88.1 Å². The second-order valence-corrected chi connectivity index (χ2v) is 35.2. The molecule has 0 spiro atoms. The van der Waals surface area contributed by atoms with E-state index in [1.807, 2.05) is 55.8 Å². The molecule has 1 atom stereocenters. The van der Waals surface area contributed by atoms with Crippen LogP contribution < -0.4 is 15.7 Å². The summed E-state index contributed by atoms with van der Waals surface area (Å²) in [6.45, 7) is 40.9. The average molecular weight is 2000 g/mol. The van der Waals surface area contributed by atoms with Gasteiger partial charge in [0.1, 0.15) is 13.2 Å². The van der Waals surface area contributed by atoms with Crippen LogP contribution in [0.5, 0.6) is 0 Å². The topological polar surface area (TPSA) is 458 Å². The van der Waals surface area contributed by atoms with Crippen molar-refractivity contribution in [3.63, 3.8) is 0 Å². The van der Waals surface area contributed by atoms with E-state index in [9.17, 15) is 72.2 Å². The molecular weight excluding hydrogens is 1800 g/mol. The first-order valence-electron chi connectivity index (χ1n) is 52.2. The highest BCUT2D eigenvalue weighted by molar-refractivity contribution is 6.02. The van der Waals surface area contributed by atoms with E-state index >= 15 is 0 Å². The predicted octanol–water partition coefficient (Wildman–Crippen LogP) is 17.8. The number of hydrogen-bond acceptors (Lipinski definition) is 28. The molecule has 0 saturated carbocycles. The first kappa shape index (κ1) is 146. The Balaban J connectivity index is -0.000000249. The van der Waals surface area contributed by atoms with Crippen molar-refractivity contribution in [1.82, 2.24) is 20.0 Å². The number of amides is 3. The molecule has 0 saturated heterocycles. The van der Waals surface area contributed by atoms with Crippen LogP contribution in [0, 0.1) is 16.7 Å². The minimum Gasteiger partial charge on any atom is -0.550 e. The molecule has 0 radical (unpaired) electrons. The van der Waals surface area contributed by atoms with Gasteiger partial charge >= 0.3 is 65.8 Å². The molecule has 0 aromatic heterocycles. The number of rotatable bonds is 74. The molecule has 33 nitrogen and oxygen atoms in total. The Bertz CT molecular complexity index is 3280. The van der Waals surface area contributed by atoms with E-state index in [0.29, 0.717) is 155 Å². The number of likely N-dealkylation sites (N-methyl/N-ethyl adjacent to an activating group) is 1. The zero-order chi connectivity index (χ0) is 108. The van der Waals surface area contributed by atoms with E-state index in [0.717, 1.165) is 135 Å². The fourth-order valence-corrected chi connectivity index (χ4v) is 11.7. The monoisotopic (exact) mass is 2000 g/mol. The van der Waals surface area contributed by atoms with Gasteiger partial charge in [-0.2, -0.15) is 9.59 Å². The molecule has 0 fully saturated rings. The summed E-state index contributed by atoms with van der Waals surface area (Å²) in [5.41, 5.74) is -1.23. The number of benzene rings is 1. The van der Waals surface area contributed by atoms with Crippen molar-refractivity contribution in [1.29, 1.82) is 0 Å². The van der Waals surface area contributed by atoms with Crippen LogP contribution in [0.4, 0.5) is 0 Å². The third kappa shape index (κ3) is 105. The maximum Gasteiger partial charge on any atom is 0.373 e. The Hall–Kier alpha value is -9.20. The standard InChI is InChI=1S/C24H44O6.C23H43NO5.C19H34O6.C16H20O6.C9H19NO2.C7H13NO.2C4H11N.CO2/c1-6-9-14-20(7-2)19-30-22(26)15-11-10-12-17-28-21(25)16-13-18-29-23(27)24(4,5)8-3;1-4-6-7-8-11-16-22(26)29-20-14-12-17-23(27)28-19-13-9-10-15-21(25)24(3)18-5-2;1-2-3-4-5-8-13-18(22)25-16-11-9-14-19(23)24-15-10-6-7-12-17(20)21;1-4-16(2,3)15(20)22-10-9-21-14(19)12-8-6-5-7-11(12)13(17)18;1-3-7-10(2)9(12)6-4-5-8-11;1-4-6-8(3)7(9)5-2;2*1-3-4-5-2;2-1-3/h20H,6-19H2,1-5H3;4-20H2,1-3H3;2-16H2,1H3,(H,20,21);5-8H,4,9-10H2,1-3H3,(H,17,18);11H,3-8H2,1-2H3;5H,2,4,6H2,1,3H3;2*5H,3-4H2,1-2H3;. The summed E-state index contributed by atoms with van der Waals surface area (Å²) in [6.07, 6.45) is 38.8. The van der Waals surface area contributed by atoms with Gasteiger partial charge in [-0.15, -0.1) is 0 Å². The van der Waals surface area contributed by atoms with E-state index in [4.69, 9.17) is 62.4 Å². The number of carboxylic acid groups (broad SMARTS) is 2. The zero-order valence-electron chi connectivity index (χ0n) is 90.7. The molecule has 33 heteroatoms. The van der Waals surface area contributed by atoms with Crippen molar-refractivity contribution in [3.8, 4) is 0 Å². The molecule has 0 heterocycles. The van der Waals surface area contributed by atoms with Gasteiger partial charge in [0, 0.05) is 105 Å². The van der Waals surface area contributed by atoms with Crippen molar-refractivity contribution < 1.29 is 140 Å². The number of aliphatic hydroxyl groups is 1. The van der Waals surface area contributed by atoms with Crippen molar-refractivity contribution >= 4 is 89.5 Å². The SMILES string of the molecule is C=CC(=O)N(C)CCC.CCC(C)(C)C(=O)OCCOC(=O)c1ccccc1C(=O)O.CCCCC(CC)COC(=O)CCCCCOC(=O)CCCOC(=O)C(C)(C)CC.CCCCCCCC(=O)OCCCCC(=O)OCCCCCC(=O)N(C)CCC.CCCCCCCC(=O)OCCCCC(=O)OCCCCCC(=O)[O-].CCCN(C)C(=O)CCCCO.CCCNC.CCC[NH2+]C.O=C=O. The Kier molecular flexibility index (Phi) is 113. The smallest absolute Gasteiger partial charge is 0.373 e. The van der Waals surface area contributed by atoms with Gasteiger partial charge in [0.2, 0.25) is 17.7 Å². The van der Waals surface area contributed by atoms with E-state index < -0.39 is 28.7 Å². The van der Waals surface area contributed by atoms with Crippen LogP contribution >= 0.6 is 0 Å². The Labute approximate surface area is 843 Å². The maximum absolute atomic E-state index is 11.8. The predicted molar refractivity (Wildman–Crippen MR) is 544 cm³/mol. The summed E-state index contributed by atoms with van der Waals surface area (Å²) in [6, 6.07) is 5.77. The zero-order valence-corrected chi connectivity index (χ0v) is 90.7. The minimum atomic E-state index is -1.20. The number of carbonyl (C=O) groups excluding carboxylic acids is 15. The summed E-state index contributed by atoms with van der Waals surface area (Å²) < 4.78 is 46.3. The number of nitrogens with zero attached hydrogens (tertiary/aromatic N) is 3. The number of aliphatic hydroxyl groups excluding tert-OH is 1. The molecule has 0 aliphatic carbocycles. The number of aliphatic carboxylic acids is 1. The normalized spacial score (nSPS) is 10.5. The van der Waals surface area contributed by atoms with E-state index in [-0.39, 0.29) is 122 Å². The fraction of sp³-hybridized carbons (Fsp3) is 0.785. The second kappa shape index (κ2) is 109. The number of esters is 9. The molecule has 3 amide bonds. The number of ether oxygens (including phenoxy) is 9.